The van der Waals surface area contributed by atoms with Crippen molar-refractivity contribution < 1.29 is 4.42 Å². The van der Waals surface area contributed by atoms with Crippen molar-refractivity contribution in [3.63, 3.8) is 0 Å². The van der Waals surface area contributed by atoms with E-state index in [1.54, 1.807) is 0 Å². The molecule has 0 spiro atoms. The van der Waals surface area contributed by atoms with Gasteiger partial charge in [0.15, 0.2) is 11.4 Å². The highest BCUT2D eigenvalue weighted by Gasteiger charge is 2.25. The summed E-state index contributed by atoms with van der Waals surface area (Å²) in [5.41, 5.74) is 14.5. The van der Waals surface area contributed by atoms with E-state index in [0.717, 1.165) is 44.6 Å². The van der Waals surface area contributed by atoms with Gasteiger partial charge in [0.25, 0.3) is 0 Å². The summed E-state index contributed by atoms with van der Waals surface area (Å²) < 4.78 is 11.4. The number of fused-ring (bicyclic) bond motifs is 15. The predicted octanol–water partition coefficient (Wildman–Crippen LogP) is 14.8. The molecule has 0 aliphatic carbocycles. The third kappa shape index (κ3) is 4.49. The molecule has 0 unspecified atom stereocenters. The average molecular weight is 777 g/mol. The lowest BCUT2D eigenvalue weighted by molar-refractivity contribution is 0.667. The van der Waals surface area contributed by atoms with Crippen LogP contribution in [0.2, 0.25) is 0 Å². The molecule has 9 aromatic carbocycles. The lowest BCUT2D eigenvalue weighted by atomic mass is 9.98. The molecule has 14 rings (SSSR count). The molecular weight excluding hydrogens is 745 g/mol. The van der Waals surface area contributed by atoms with Crippen LogP contribution in [-0.4, -0.2) is 18.9 Å². The Labute approximate surface area is 348 Å². The number of aromatic nitrogens is 4. The Hall–Kier alpha value is -8.28. The van der Waals surface area contributed by atoms with Gasteiger partial charge in [0, 0.05) is 54.5 Å². The summed E-state index contributed by atoms with van der Waals surface area (Å²) in [7, 11) is 0. The van der Waals surface area contributed by atoms with E-state index in [4.69, 9.17) is 14.4 Å². The van der Waals surface area contributed by atoms with Crippen molar-refractivity contribution in [2.45, 2.75) is 0 Å². The first-order valence-electron chi connectivity index (χ1n) is 20.7. The van der Waals surface area contributed by atoms with Gasteiger partial charge in [-0.2, -0.15) is 0 Å². The van der Waals surface area contributed by atoms with E-state index in [-0.39, 0.29) is 0 Å². The molecule has 282 valence electrons. The zero-order valence-electron chi connectivity index (χ0n) is 32.7. The molecule has 5 aromatic heterocycles. The van der Waals surface area contributed by atoms with Crippen LogP contribution in [0.25, 0.3) is 132 Å². The average Bonchev–Trinajstić information content (AvgIpc) is 4.07. The van der Waals surface area contributed by atoms with Crippen LogP contribution in [-0.2, 0) is 0 Å². The van der Waals surface area contributed by atoms with Gasteiger partial charge in [0.05, 0.1) is 27.6 Å². The first kappa shape index (κ1) is 32.7. The minimum absolute atomic E-state index is 0.654. The minimum Gasteiger partial charge on any atom is -0.452 e. The van der Waals surface area contributed by atoms with E-state index in [1.807, 2.05) is 24.3 Å². The zero-order valence-corrected chi connectivity index (χ0v) is 32.7. The van der Waals surface area contributed by atoms with E-state index < -0.39 is 0 Å². The fraction of sp³-hybridized carbons (Fsp3) is 0. The largest absolute Gasteiger partial charge is 0.452 e. The smallest absolute Gasteiger partial charge is 0.180 e. The molecule has 5 heterocycles. The van der Waals surface area contributed by atoms with Crippen LogP contribution >= 0.6 is 0 Å². The van der Waals surface area contributed by atoms with Crippen molar-refractivity contribution in [2.24, 2.45) is 0 Å². The molecule has 5 nitrogen and oxygen atoms in total. The maximum Gasteiger partial charge on any atom is 0.180 e. The number of para-hydroxylation sites is 3. The van der Waals surface area contributed by atoms with Gasteiger partial charge in [-0.1, -0.05) is 133 Å². The Morgan fingerprint density at radius 2 is 1.03 bits per heavy atom. The summed E-state index contributed by atoms with van der Waals surface area (Å²) in [6.07, 6.45) is 0. The Morgan fingerprint density at radius 3 is 1.87 bits per heavy atom. The van der Waals surface area contributed by atoms with Crippen molar-refractivity contribution in [2.75, 3.05) is 0 Å². The molecule has 14 aromatic rings. The highest BCUT2D eigenvalue weighted by molar-refractivity contribution is 6.38. The van der Waals surface area contributed by atoms with Crippen molar-refractivity contribution in [1.29, 1.82) is 0 Å². The van der Waals surface area contributed by atoms with Crippen LogP contribution in [0.3, 0.4) is 0 Å². The maximum atomic E-state index is 6.48. The number of nitrogens with zero attached hydrogens (tertiary/aromatic N) is 4. The molecule has 0 radical (unpaired) electrons. The second-order valence-electron chi connectivity index (χ2n) is 16.1. The fourth-order valence-corrected chi connectivity index (χ4v) is 10.2. The summed E-state index contributed by atoms with van der Waals surface area (Å²) in [5.74, 6) is 0.654. The molecule has 0 bridgehead atoms. The topological polar surface area (TPSA) is 48.3 Å². The van der Waals surface area contributed by atoms with Crippen LogP contribution in [0.1, 0.15) is 0 Å². The van der Waals surface area contributed by atoms with Crippen LogP contribution in [0.5, 0.6) is 0 Å². The molecule has 0 aliphatic heterocycles. The van der Waals surface area contributed by atoms with Gasteiger partial charge < -0.3 is 13.4 Å². The normalized spacial score (nSPS) is 12.3. The van der Waals surface area contributed by atoms with Crippen molar-refractivity contribution >= 4 is 92.7 Å². The minimum atomic E-state index is 0.654. The maximum absolute atomic E-state index is 6.48. The van der Waals surface area contributed by atoms with Gasteiger partial charge in [-0.05, 0) is 82.6 Å². The van der Waals surface area contributed by atoms with Gasteiger partial charge in [0.1, 0.15) is 16.8 Å². The number of rotatable bonds is 4. The van der Waals surface area contributed by atoms with Gasteiger partial charge in [0.2, 0.25) is 0 Å². The molecule has 0 amide bonds. The summed E-state index contributed by atoms with van der Waals surface area (Å²) in [6, 6.07) is 69.4. The SMILES string of the molecule is c1ccc(-c2ccc(-c3nc(-c4ccc(-n5c6ccccc6c6c7c8c9ccccc9ccc8n8c9ccccc9c(cc65)c78)cc4)nc4c3oc3ccccc34)cc2)cc1. The number of furan rings is 1. The molecular formula is C56H32N4O. The monoisotopic (exact) mass is 776 g/mol. The summed E-state index contributed by atoms with van der Waals surface area (Å²) in [4.78, 5) is 10.4. The first-order valence-corrected chi connectivity index (χ1v) is 20.7. The van der Waals surface area contributed by atoms with E-state index >= 15 is 0 Å². The van der Waals surface area contributed by atoms with Gasteiger partial charge >= 0.3 is 0 Å². The first-order chi connectivity index (χ1) is 30.3. The summed E-state index contributed by atoms with van der Waals surface area (Å²) >= 11 is 0. The second-order valence-corrected chi connectivity index (χ2v) is 16.1. The fourth-order valence-electron chi connectivity index (χ4n) is 10.2. The second kappa shape index (κ2) is 12.1. The van der Waals surface area contributed by atoms with Crippen LogP contribution in [0, 0.1) is 0 Å². The van der Waals surface area contributed by atoms with Crippen molar-refractivity contribution in [3.8, 4) is 39.5 Å². The molecule has 0 N–H and O–H groups in total. The number of benzene rings is 9. The van der Waals surface area contributed by atoms with E-state index in [9.17, 15) is 0 Å². The Balaban J connectivity index is 0.992. The van der Waals surface area contributed by atoms with Gasteiger partial charge in [-0.15, -0.1) is 0 Å². The third-order valence-electron chi connectivity index (χ3n) is 12.9. The van der Waals surface area contributed by atoms with E-state index in [0.29, 0.717) is 11.4 Å². The van der Waals surface area contributed by atoms with Crippen molar-refractivity contribution in [1.82, 2.24) is 18.9 Å². The predicted molar refractivity (Wildman–Crippen MR) is 252 cm³/mol. The van der Waals surface area contributed by atoms with Crippen LogP contribution in [0.4, 0.5) is 0 Å². The number of hydrogen-bond acceptors (Lipinski definition) is 3. The highest BCUT2D eigenvalue weighted by atomic mass is 16.3. The molecule has 0 fully saturated rings. The van der Waals surface area contributed by atoms with Crippen LogP contribution in [0.15, 0.2) is 199 Å². The molecule has 5 heteroatoms. The summed E-state index contributed by atoms with van der Waals surface area (Å²) in [6.45, 7) is 0. The van der Waals surface area contributed by atoms with Crippen molar-refractivity contribution in [3.05, 3.63) is 194 Å². The third-order valence-corrected chi connectivity index (χ3v) is 12.9. The van der Waals surface area contributed by atoms with Gasteiger partial charge in [-0.3, -0.25) is 0 Å². The number of hydrogen-bond donors (Lipinski definition) is 0. The molecule has 0 aliphatic rings. The highest BCUT2D eigenvalue weighted by Crippen LogP contribution is 2.48. The quantitative estimate of drug-likeness (QED) is 0.179. The molecule has 61 heavy (non-hydrogen) atoms. The Morgan fingerprint density at radius 1 is 0.393 bits per heavy atom. The zero-order chi connectivity index (χ0) is 39.8. The molecule has 0 atom stereocenters. The van der Waals surface area contributed by atoms with Crippen LogP contribution < -0.4 is 0 Å². The van der Waals surface area contributed by atoms with Gasteiger partial charge in [-0.25, -0.2) is 9.97 Å². The standard InChI is InChI=1S/C56H32N4O/c1-2-12-33(13-3-1)34-22-24-36(25-23-34)52-55-53(42-18-8-11-21-48(42)61-55)58-56(57-52)37-26-29-38(30-27-37)59-45-20-10-7-17-41(45)50-47(59)32-43-40-16-6-9-19-44(40)60-46-31-28-35-14-4-5-15-39(35)49(46)51(50)54(43)60/h1-32H. The Bertz CT molecular complexity index is 4080. The molecule has 0 saturated carbocycles. The lowest BCUT2D eigenvalue weighted by Crippen LogP contribution is -1.96. The Kier molecular flexibility index (Phi) is 6.49. The molecule has 0 saturated heterocycles. The lowest BCUT2D eigenvalue weighted by Gasteiger charge is -2.11. The summed E-state index contributed by atoms with van der Waals surface area (Å²) in [5, 5.41) is 11.1. The van der Waals surface area contributed by atoms with E-state index in [2.05, 4.69) is 179 Å². The van der Waals surface area contributed by atoms with E-state index in [1.165, 1.54) is 76.2 Å².